The van der Waals surface area contributed by atoms with E-state index in [4.69, 9.17) is 4.74 Å². The number of carbonyl (C=O) groups excluding carboxylic acids is 2. The molecule has 0 aromatic rings. The summed E-state index contributed by atoms with van der Waals surface area (Å²) < 4.78 is 5.49. The lowest BCUT2D eigenvalue weighted by Crippen LogP contribution is -2.45. The standard InChI is InChI=1S/C70H135NO5/c1-3-5-7-9-11-13-15-17-19-21-28-31-34-38-42-46-50-54-58-62-68(73)67(66-72)71-69(74)63-59-55-51-47-43-39-35-32-29-26-24-22-23-25-27-30-33-37-41-45-49-53-57-61-65-76-70(75)64-60-56-52-48-44-40-36-20-18-16-14-12-10-8-6-4-2/h20,24,26,36,67-68,72-73H,3-19,21-23,25,27-35,37-66H2,1-2H3,(H,71,74)/b26-24-,36-20-. The van der Waals surface area contributed by atoms with Gasteiger partial charge in [-0.15, -0.1) is 0 Å². The molecule has 76 heavy (non-hydrogen) atoms. The SMILES string of the molecule is CCCCCCCCC/C=C\CCCCCCCC(=O)OCCCCCCCCCCCCCC/C=C\CCCCCCCCCCC(=O)NC(CO)C(O)CCCCCCCCCCCCCCCCCCCCC. The minimum Gasteiger partial charge on any atom is -0.466 e. The molecule has 0 aliphatic carbocycles. The Morgan fingerprint density at radius 3 is 0.934 bits per heavy atom. The molecule has 0 saturated carbocycles. The van der Waals surface area contributed by atoms with E-state index in [1.54, 1.807) is 0 Å². The van der Waals surface area contributed by atoms with E-state index in [0.29, 0.717) is 25.9 Å². The van der Waals surface area contributed by atoms with Crippen molar-refractivity contribution < 1.29 is 24.5 Å². The van der Waals surface area contributed by atoms with Gasteiger partial charge in [-0.25, -0.2) is 0 Å². The fraction of sp³-hybridized carbons (Fsp3) is 0.914. The fourth-order valence-corrected chi connectivity index (χ4v) is 10.9. The van der Waals surface area contributed by atoms with Gasteiger partial charge in [0, 0.05) is 12.8 Å². The van der Waals surface area contributed by atoms with Crippen LogP contribution in [0.1, 0.15) is 386 Å². The Hall–Kier alpha value is -1.66. The Morgan fingerprint density at radius 2 is 0.618 bits per heavy atom. The first-order valence-corrected chi connectivity index (χ1v) is 34.6. The van der Waals surface area contributed by atoms with Gasteiger partial charge < -0.3 is 20.3 Å². The highest BCUT2D eigenvalue weighted by atomic mass is 16.5. The number of aliphatic hydroxyl groups is 2. The number of hydrogen-bond acceptors (Lipinski definition) is 5. The van der Waals surface area contributed by atoms with Gasteiger partial charge in [0.05, 0.1) is 25.4 Å². The number of allylic oxidation sites excluding steroid dienone is 4. The van der Waals surface area contributed by atoms with Gasteiger partial charge in [0.1, 0.15) is 0 Å². The second kappa shape index (κ2) is 65.9. The van der Waals surface area contributed by atoms with Gasteiger partial charge in [-0.05, 0) is 77.0 Å². The number of nitrogens with one attached hydrogen (secondary N) is 1. The van der Waals surface area contributed by atoms with Crippen molar-refractivity contribution in [3.05, 3.63) is 24.3 Å². The zero-order chi connectivity index (χ0) is 55.0. The van der Waals surface area contributed by atoms with Crippen molar-refractivity contribution >= 4 is 11.9 Å². The summed E-state index contributed by atoms with van der Waals surface area (Å²) in [6.45, 7) is 4.98. The first-order chi connectivity index (χ1) is 37.5. The van der Waals surface area contributed by atoms with E-state index in [9.17, 15) is 19.8 Å². The van der Waals surface area contributed by atoms with Crippen molar-refractivity contribution in [2.45, 2.75) is 398 Å². The molecular weight excluding hydrogens is 935 g/mol. The molecule has 0 fully saturated rings. The Balaban J connectivity index is 3.40. The highest BCUT2D eigenvalue weighted by Crippen LogP contribution is 2.18. The van der Waals surface area contributed by atoms with E-state index < -0.39 is 12.1 Å². The van der Waals surface area contributed by atoms with Crippen LogP contribution in [0.3, 0.4) is 0 Å². The molecule has 2 atom stereocenters. The molecule has 0 rings (SSSR count). The van der Waals surface area contributed by atoms with Crippen LogP contribution in [0, 0.1) is 0 Å². The predicted molar refractivity (Wildman–Crippen MR) is 333 cm³/mol. The third-order valence-electron chi connectivity index (χ3n) is 16.2. The summed E-state index contributed by atoms with van der Waals surface area (Å²) in [6, 6.07) is -0.545. The molecule has 0 heterocycles. The van der Waals surface area contributed by atoms with Crippen LogP contribution >= 0.6 is 0 Å². The highest BCUT2D eigenvalue weighted by Gasteiger charge is 2.20. The monoisotopic (exact) mass is 1070 g/mol. The van der Waals surface area contributed by atoms with Gasteiger partial charge >= 0.3 is 5.97 Å². The Kier molecular flexibility index (Phi) is 64.4. The van der Waals surface area contributed by atoms with Crippen molar-refractivity contribution in [2.75, 3.05) is 13.2 Å². The van der Waals surface area contributed by atoms with E-state index in [1.165, 1.54) is 308 Å². The van der Waals surface area contributed by atoms with Crippen LogP contribution in [0.2, 0.25) is 0 Å². The van der Waals surface area contributed by atoms with Crippen LogP contribution in [0.25, 0.3) is 0 Å². The molecule has 0 bridgehead atoms. The van der Waals surface area contributed by atoms with E-state index in [0.717, 1.165) is 44.9 Å². The van der Waals surface area contributed by atoms with E-state index in [-0.39, 0.29) is 18.5 Å². The van der Waals surface area contributed by atoms with Crippen LogP contribution in [0.5, 0.6) is 0 Å². The zero-order valence-electron chi connectivity index (χ0n) is 51.5. The van der Waals surface area contributed by atoms with Crippen molar-refractivity contribution in [3.63, 3.8) is 0 Å². The number of ether oxygens (including phenoxy) is 1. The topological polar surface area (TPSA) is 95.9 Å². The third-order valence-corrected chi connectivity index (χ3v) is 16.2. The molecular formula is C70H135NO5. The summed E-state index contributed by atoms with van der Waals surface area (Å²) in [5, 5.41) is 23.4. The van der Waals surface area contributed by atoms with Crippen molar-refractivity contribution in [3.8, 4) is 0 Å². The van der Waals surface area contributed by atoms with E-state index >= 15 is 0 Å². The lowest BCUT2D eigenvalue weighted by Gasteiger charge is -2.22. The molecule has 0 aromatic carbocycles. The Labute approximate surface area is 475 Å². The summed E-state index contributed by atoms with van der Waals surface area (Å²) in [7, 11) is 0. The van der Waals surface area contributed by atoms with Crippen LogP contribution in [0.15, 0.2) is 24.3 Å². The van der Waals surface area contributed by atoms with E-state index in [1.807, 2.05) is 0 Å². The molecule has 0 radical (unpaired) electrons. The lowest BCUT2D eigenvalue weighted by atomic mass is 10.0. The average Bonchev–Trinajstić information content (AvgIpc) is 3.42. The first-order valence-electron chi connectivity index (χ1n) is 34.6. The normalized spacial score (nSPS) is 12.6. The highest BCUT2D eigenvalue weighted by molar-refractivity contribution is 5.76. The lowest BCUT2D eigenvalue weighted by molar-refractivity contribution is -0.143. The molecule has 6 heteroatoms. The molecule has 0 spiro atoms. The number of amides is 1. The first kappa shape index (κ1) is 74.3. The third kappa shape index (κ3) is 61.6. The molecule has 0 aromatic heterocycles. The summed E-state index contributed by atoms with van der Waals surface area (Å²) >= 11 is 0. The molecule has 2 unspecified atom stereocenters. The Bertz CT molecular complexity index is 1190. The zero-order valence-corrected chi connectivity index (χ0v) is 51.5. The maximum atomic E-state index is 12.5. The number of carbonyl (C=O) groups is 2. The van der Waals surface area contributed by atoms with Gasteiger partial charge in [-0.1, -0.05) is 321 Å². The average molecular weight is 1070 g/mol. The summed E-state index contributed by atoms with van der Waals surface area (Å²) in [4.78, 5) is 24.6. The second-order valence-electron chi connectivity index (χ2n) is 23.9. The quantitative estimate of drug-likeness (QED) is 0.0320. The predicted octanol–water partition coefficient (Wildman–Crippen LogP) is 22.1. The molecule has 1 amide bonds. The van der Waals surface area contributed by atoms with Gasteiger partial charge in [0.25, 0.3) is 0 Å². The van der Waals surface area contributed by atoms with Crippen molar-refractivity contribution in [1.29, 1.82) is 0 Å². The largest absolute Gasteiger partial charge is 0.466 e. The number of unbranched alkanes of at least 4 members (excludes halogenated alkanes) is 50. The van der Waals surface area contributed by atoms with Crippen molar-refractivity contribution in [1.82, 2.24) is 5.32 Å². The molecule has 450 valence electrons. The number of aliphatic hydroxyl groups excluding tert-OH is 2. The molecule has 3 N–H and O–H groups in total. The number of hydrogen-bond donors (Lipinski definition) is 3. The molecule has 0 saturated heterocycles. The molecule has 6 nitrogen and oxygen atoms in total. The van der Waals surface area contributed by atoms with Gasteiger partial charge in [0.15, 0.2) is 0 Å². The van der Waals surface area contributed by atoms with Crippen LogP contribution in [0.4, 0.5) is 0 Å². The summed E-state index contributed by atoms with van der Waals surface area (Å²) in [5.74, 6) is -0.0299. The van der Waals surface area contributed by atoms with Crippen LogP contribution in [-0.2, 0) is 14.3 Å². The van der Waals surface area contributed by atoms with Crippen molar-refractivity contribution in [2.24, 2.45) is 0 Å². The minimum atomic E-state index is -0.668. The second-order valence-corrected chi connectivity index (χ2v) is 23.9. The minimum absolute atomic E-state index is 0.00595. The van der Waals surface area contributed by atoms with Crippen LogP contribution < -0.4 is 5.32 Å². The van der Waals surface area contributed by atoms with Crippen LogP contribution in [-0.4, -0.2) is 47.4 Å². The van der Waals surface area contributed by atoms with E-state index in [2.05, 4.69) is 43.5 Å². The van der Waals surface area contributed by atoms with Gasteiger partial charge in [-0.3, -0.25) is 9.59 Å². The summed E-state index contributed by atoms with van der Waals surface area (Å²) in [5.41, 5.74) is 0. The molecule has 0 aliphatic rings. The maximum Gasteiger partial charge on any atom is 0.305 e. The number of rotatable bonds is 65. The van der Waals surface area contributed by atoms with Gasteiger partial charge in [-0.2, -0.15) is 0 Å². The Morgan fingerprint density at radius 1 is 0.355 bits per heavy atom. The summed E-state index contributed by atoms with van der Waals surface area (Å²) in [6.07, 6.45) is 82.1. The molecule has 0 aliphatic heterocycles. The van der Waals surface area contributed by atoms with Gasteiger partial charge in [0.2, 0.25) is 5.91 Å². The number of esters is 1. The smallest absolute Gasteiger partial charge is 0.305 e. The maximum absolute atomic E-state index is 12.5. The fourth-order valence-electron chi connectivity index (χ4n) is 10.9.